The maximum absolute atomic E-state index is 4.39. The van der Waals surface area contributed by atoms with Crippen LogP contribution < -0.4 is 10.6 Å². The van der Waals surface area contributed by atoms with E-state index in [0.717, 1.165) is 50.7 Å². The van der Waals surface area contributed by atoms with E-state index in [1.165, 1.54) is 30.7 Å². The fourth-order valence-corrected chi connectivity index (χ4v) is 3.19. The third-order valence-corrected chi connectivity index (χ3v) is 4.58. The molecule has 6 nitrogen and oxygen atoms in total. The van der Waals surface area contributed by atoms with E-state index < -0.39 is 0 Å². The minimum Gasteiger partial charge on any atom is -0.356 e. The van der Waals surface area contributed by atoms with E-state index in [9.17, 15) is 0 Å². The summed E-state index contributed by atoms with van der Waals surface area (Å²) in [5, 5.41) is 15.5. The number of nitrogens with one attached hydrogen (secondary N) is 2. The molecule has 25 heavy (non-hydrogen) atoms. The molecule has 0 radical (unpaired) electrons. The molecule has 2 aromatic rings. The van der Waals surface area contributed by atoms with Gasteiger partial charge in [0.2, 0.25) is 0 Å². The lowest BCUT2D eigenvalue weighted by atomic mass is 10.2. The number of hydrogen-bond acceptors (Lipinski definition) is 3. The van der Waals surface area contributed by atoms with Crippen molar-refractivity contribution in [1.82, 2.24) is 25.4 Å². The number of aromatic nitrogens is 3. The molecule has 134 valence electrons. The monoisotopic (exact) mass is 340 g/mol. The van der Waals surface area contributed by atoms with Crippen molar-refractivity contribution < 1.29 is 0 Å². The van der Waals surface area contributed by atoms with Gasteiger partial charge >= 0.3 is 0 Å². The summed E-state index contributed by atoms with van der Waals surface area (Å²) in [5.41, 5.74) is 1.25. The van der Waals surface area contributed by atoms with Crippen LogP contribution in [0, 0.1) is 0 Å². The zero-order chi connectivity index (χ0) is 17.3. The number of nitrogens with zero attached hydrogens (tertiary/aromatic N) is 4. The SMILES string of the molecule is CN=C(NCCCc1nnc2n1CCCCC2)NCc1ccccc1. The Hall–Kier alpha value is -2.37. The fourth-order valence-electron chi connectivity index (χ4n) is 3.19. The Bertz CT molecular complexity index is 676. The Morgan fingerprint density at radius 3 is 2.84 bits per heavy atom. The molecule has 1 aliphatic heterocycles. The van der Waals surface area contributed by atoms with Crippen molar-refractivity contribution in [3.05, 3.63) is 47.5 Å². The Morgan fingerprint density at radius 1 is 1.12 bits per heavy atom. The van der Waals surface area contributed by atoms with Crippen molar-refractivity contribution in [1.29, 1.82) is 0 Å². The molecule has 0 amide bonds. The van der Waals surface area contributed by atoms with Gasteiger partial charge in [-0.1, -0.05) is 36.8 Å². The number of fused-ring (bicyclic) bond motifs is 1. The molecule has 0 unspecified atom stereocenters. The van der Waals surface area contributed by atoms with Crippen LogP contribution in [0.2, 0.25) is 0 Å². The van der Waals surface area contributed by atoms with Gasteiger partial charge < -0.3 is 15.2 Å². The molecule has 6 heteroatoms. The Balaban J connectivity index is 1.41. The summed E-state index contributed by atoms with van der Waals surface area (Å²) in [6, 6.07) is 10.3. The van der Waals surface area contributed by atoms with E-state index in [2.05, 4.69) is 54.7 Å². The van der Waals surface area contributed by atoms with Gasteiger partial charge in [-0.2, -0.15) is 0 Å². The lowest BCUT2D eigenvalue weighted by molar-refractivity contribution is 0.594. The number of rotatable bonds is 6. The lowest BCUT2D eigenvalue weighted by Gasteiger charge is -2.12. The van der Waals surface area contributed by atoms with E-state index in [0.29, 0.717) is 0 Å². The van der Waals surface area contributed by atoms with Gasteiger partial charge in [-0.15, -0.1) is 10.2 Å². The zero-order valence-corrected chi connectivity index (χ0v) is 15.0. The first-order chi connectivity index (χ1) is 12.4. The standard InChI is InChI=1S/C19H28N6/c1-20-19(22-15-16-9-4-2-5-10-16)21-13-8-12-18-24-23-17-11-6-3-7-14-25(17)18/h2,4-5,9-10H,3,6-8,11-15H2,1H3,(H2,20,21,22). The molecule has 2 N–H and O–H groups in total. The molecule has 0 saturated heterocycles. The molecule has 3 rings (SSSR count). The molecule has 1 aromatic carbocycles. The minimum absolute atomic E-state index is 0.776. The van der Waals surface area contributed by atoms with Gasteiger partial charge in [0.1, 0.15) is 11.6 Å². The number of aryl methyl sites for hydroxylation is 2. The van der Waals surface area contributed by atoms with Crippen LogP contribution in [0.3, 0.4) is 0 Å². The Morgan fingerprint density at radius 2 is 2.00 bits per heavy atom. The number of benzene rings is 1. The van der Waals surface area contributed by atoms with E-state index in [4.69, 9.17) is 0 Å². The predicted octanol–water partition coefficient (Wildman–Crippen LogP) is 2.30. The van der Waals surface area contributed by atoms with E-state index in [-0.39, 0.29) is 0 Å². The number of guanidine groups is 1. The van der Waals surface area contributed by atoms with Crippen molar-refractivity contribution >= 4 is 5.96 Å². The highest BCUT2D eigenvalue weighted by molar-refractivity contribution is 5.79. The first kappa shape index (κ1) is 17.5. The Kier molecular flexibility index (Phi) is 6.42. The third-order valence-electron chi connectivity index (χ3n) is 4.58. The van der Waals surface area contributed by atoms with E-state index in [1.807, 2.05) is 6.07 Å². The third kappa shape index (κ3) is 5.05. The maximum atomic E-state index is 4.39. The smallest absolute Gasteiger partial charge is 0.191 e. The molecule has 0 saturated carbocycles. The Labute approximate surface area is 149 Å². The van der Waals surface area contributed by atoms with Gasteiger partial charge in [0.05, 0.1) is 0 Å². The van der Waals surface area contributed by atoms with Crippen molar-refractivity contribution in [2.45, 2.75) is 51.6 Å². The number of hydrogen-bond donors (Lipinski definition) is 2. The maximum Gasteiger partial charge on any atom is 0.191 e. The van der Waals surface area contributed by atoms with Crippen LogP contribution in [0.5, 0.6) is 0 Å². The summed E-state index contributed by atoms with van der Waals surface area (Å²) in [7, 11) is 1.80. The average molecular weight is 340 g/mol. The first-order valence-electron chi connectivity index (χ1n) is 9.26. The quantitative estimate of drug-likeness (QED) is 0.481. The molecular formula is C19H28N6. The molecule has 0 spiro atoms. The van der Waals surface area contributed by atoms with E-state index >= 15 is 0 Å². The van der Waals surface area contributed by atoms with Crippen molar-refractivity contribution in [2.24, 2.45) is 4.99 Å². The van der Waals surface area contributed by atoms with Gasteiger partial charge in [-0.05, 0) is 24.8 Å². The molecule has 0 bridgehead atoms. The second-order valence-corrected chi connectivity index (χ2v) is 6.44. The van der Waals surface area contributed by atoms with E-state index in [1.54, 1.807) is 7.05 Å². The van der Waals surface area contributed by atoms with Crippen molar-refractivity contribution in [3.8, 4) is 0 Å². The fraction of sp³-hybridized carbons (Fsp3) is 0.526. The van der Waals surface area contributed by atoms with Gasteiger partial charge in [0.15, 0.2) is 5.96 Å². The molecule has 1 aliphatic rings. The zero-order valence-electron chi connectivity index (χ0n) is 15.0. The van der Waals surface area contributed by atoms with Crippen LogP contribution in [-0.4, -0.2) is 34.3 Å². The highest BCUT2D eigenvalue weighted by Gasteiger charge is 2.14. The molecule has 1 aromatic heterocycles. The second-order valence-electron chi connectivity index (χ2n) is 6.44. The van der Waals surface area contributed by atoms with Crippen LogP contribution in [0.4, 0.5) is 0 Å². The molecular weight excluding hydrogens is 312 g/mol. The summed E-state index contributed by atoms with van der Waals surface area (Å²) in [4.78, 5) is 4.28. The predicted molar refractivity (Wildman–Crippen MR) is 101 cm³/mol. The van der Waals surface area contributed by atoms with Gasteiger partial charge in [-0.3, -0.25) is 4.99 Å². The molecule has 2 heterocycles. The van der Waals surface area contributed by atoms with Crippen LogP contribution in [-0.2, 0) is 25.9 Å². The average Bonchev–Trinajstić information content (AvgIpc) is 2.88. The normalized spacial score (nSPS) is 14.7. The second kappa shape index (κ2) is 9.20. The topological polar surface area (TPSA) is 67.1 Å². The van der Waals surface area contributed by atoms with Gasteiger partial charge in [-0.25, -0.2) is 0 Å². The largest absolute Gasteiger partial charge is 0.356 e. The van der Waals surface area contributed by atoms with Crippen LogP contribution >= 0.6 is 0 Å². The summed E-state index contributed by atoms with van der Waals surface area (Å²) >= 11 is 0. The first-order valence-corrected chi connectivity index (χ1v) is 9.26. The number of aliphatic imine (C=N–C) groups is 1. The molecule has 0 atom stereocenters. The lowest BCUT2D eigenvalue weighted by Crippen LogP contribution is -2.37. The summed E-state index contributed by atoms with van der Waals surface area (Å²) in [6.07, 6.45) is 6.82. The summed E-state index contributed by atoms with van der Waals surface area (Å²) in [6.45, 7) is 2.72. The van der Waals surface area contributed by atoms with Crippen molar-refractivity contribution in [2.75, 3.05) is 13.6 Å². The van der Waals surface area contributed by atoms with Crippen LogP contribution in [0.25, 0.3) is 0 Å². The highest BCUT2D eigenvalue weighted by atomic mass is 15.3. The molecule has 0 fully saturated rings. The molecule has 0 aliphatic carbocycles. The minimum atomic E-state index is 0.776. The summed E-state index contributed by atoms with van der Waals surface area (Å²) < 4.78 is 2.33. The van der Waals surface area contributed by atoms with Crippen LogP contribution in [0.1, 0.15) is 42.9 Å². The van der Waals surface area contributed by atoms with Crippen LogP contribution in [0.15, 0.2) is 35.3 Å². The van der Waals surface area contributed by atoms with Gasteiger partial charge in [0, 0.05) is 39.5 Å². The van der Waals surface area contributed by atoms with Gasteiger partial charge in [0.25, 0.3) is 0 Å². The summed E-state index contributed by atoms with van der Waals surface area (Å²) in [5.74, 6) is 3.13. The highest BCUT2D eigenvalue weighted by Crippen LogP contribution is 2.15. The van der Waals surface area contributed by atoms with Crippen molar-refractivity contribution in [3.63, 3.8) is 0 Å².